The molecule has 0 atom stereocenters. The van der Waals surface area contributed by atoms with Gasteiger partial charge in [-0.1, -0.05) is 25.0 Å². The van der Waals surface area contributed by atoms with Gasteiger partial charge in [0.2, 0.25) is 0 Å². The molecule has 0 heterocycles. The maximum Gasteiger partial charge on any atom is 0.320 e. The number of esters is 2. The van der Waals surface area contributed by atoms with Crippen molar-refractivity contribution in [2.24, 2.45) is 5.92 Å². The average Bonchev–Trinajstić information content (AvgIpc) is 2.98. The van der Waals surface area contributed by atoms with Gasteiger partial charge in [0, 0.05) is 0 Å². The molecule has 6 heteroatoms. The zero-order chi connectivity index (χ0) is 17.8. The van der Waals surface area contributed by atoms with Crippen LogP contribution in [-0.4, -0.2) is 32.3 Å². The monoisotopic (exact) mass is 339 g/mol. The van der Waals surface area contributed by atoms with E-state index in [9.17, 15) is 9.59 Å². The van der Waals surface area contributed by atoms with Crippen molar-refractivity contribution >= 4 is 11.9 Å². The highest BCUT2D eigenvalue weighted by Gasteiger charge is 2.28. The second kappa shape index (κ2) is 11.7. The molecule has 1 rings (SSSR count). The van der Waals surface area contributed by atoms with E-state index in [4.69, 9.17) is 14.3 Å². The fourth-order valence-electron chi connectivity index (χ4n) is 2.67. The Morgan fingerprint density at radius 3 is 2.33 bits per heavy atom. The fourth-order valence-corrected chi connectivity index (χ4v) is 2.67. The first-order valence-electron chi connectivity index (χ1n) is 8.65. The number of carbonyl (C=O) groups excluding carboxylic acids is 2. The van der Waals surface area contributed by atoms with E-state index < -0.39 is 17.9 Å². The smallest absolute Gasteiger partial charge is 0.320 e. The lowest BCUT2D eigenvalue weighted by atomic mass is 9.99. The molecule has 0 radical (unpaired) electrons. The fraction of sp³-hybridized carbons (Fsp3) is 0.667. The lowest BCUT2D eigenvalue weighted by Gasteiger charge is -2.14. The number of rotatable bonds is 12. The van der Waals surface area contributed by atoms with Crippen LogP contribution in [0, 0.1) is 5.92 Å². The van der Waals surface area contributed by atoms with E-state index in [1.807, 2.05) is 0 Å². The standard InChI is InChI=1S/C18H29NO5/c1-4-23-17(20)15(18(21)24-5-2)12-8-6-7-10-14-11-9-13-16(14)19-22-3/h11,13,15,19H,4-10,12H2,1-3H3. The molecule has 24 heavy (non-hydrogen) atoms. The van der Waals surface area contributed by atoms with Crippen molar-refractivity contribution in [3.8, 4) is 0 Å². The molecule has 0 aromatic heterocycles. The largest absolute Gasteiger partial charge is 0.465 e. The van der Waals surface area contributed by atoms with E-state index >= 15 is 0 Å². The van der Waals surface area contributed by atoms with Gasteiger partial charge in [-0.3, -0.25) is 19.9 Å². The van der Waals surface area contributed by atoms with Crippen LogP contribution in [0.25, 0.3) is 0 Å². The van der Waals surface area contributed by atoms with Gasteiger partial charge < -0.3 is 9.47 Å². The summed E-state index contributed by atoms with van der Waals surface area (Å²) in [5.41, 5.74) is 5.17. The molecular weight excluding hydrogens is 310 g/mol. The molecule has 0 bridgehead atoms. The summed E-state index contributed by atoms with van der Waals surface area (Å²) in [5.74, 6) is -1.77. The number of allylic oxidation sites excluding steroid dienone is 3. The topological polar surface area (TPSA) is 73.9 Å². The van der Waals surface area contributed by atoms with Crippen LogP contribution < -0.4 is 5.48 Å². The molecule has 0 saturated heterocycles. The quantitative estimate of drug-likeness (QED) is 0.255. The van der Waals surface area contributed by atoms with Gasteiger partial charge in [-0.25, -0.2) is 0 Å². The highest BCUT2D eigenvalue weighted by atomic mass is 16.6. The van der Waals surface area contributed by atoms with Crippen molar-refractivity contribution in [3.63, 3.8) is 0 Å². The van der Waals surface area contributed by atoms with Gasteiger partial charge in [-0.05, 0) is 45.1 Å². The number of nitrogens with one attached hydrogen (secondary N) is 1. The summed E-state index contributed by atoms with van der Waals surface area (Å²) in [6.45, 7) is 4.00. The molecule has 0 unspecified atom stereocenters. The van der Waals surface area contributed by atoms with Gasteiger partial charge in [-0.15, -0.1) is 0 Å². The Hall–Kier alpha value is -1.82. The molecule has 0 aliphatic heterocycles. The van der Waals surface area contributed by atoms with E-state index in [0.29, 0.717) is 6.42 Å². The van der Waals surface area contributed by atoms with Crippen molar-refractivity contribution in [2.45, 2.75) is 52.4 Å². The van der Waals surface area contributed by atoms with Gasteiger partial charge in [0.05, 0.1) is 26.0 Å². The third-order valence-corrected chi connectivity index (χ3v) is 3.83. The third-order valence-electron chi connectivity index (χ3n) is 3.83. The van der Waals surface area contributed by atoms with Crippen molar-refractivity contribution in [3.05, 3.63) is 23.4 Å². The molecule has 0 spiro atoms. The van der Waals surface area contributed by atoms with Crippen LogP contribution in [0.5, 0.6) is 0 Å². The minimum atomic E-state index is -0.804. The molecule has 0 amide bonds. The molecular formula is C18H29NO5. The number of carbonyl (C=O) groups is 2. The lowest BCUT2D eigenvalue weighted by Crippen LogP contribution is -2.28. The minimum Gasteiger partial charge on any atom is -0.465 e. The third kappa shape index (κ3) is 6.74. The van der Waals surface area contributed by atoms with Gasteiger partial charge in [0.25, 0.3) is 0 Å². The number of hydroxylamine groups is 1. The molecule has 1 aliphatic rings. The summed E-state index contributed by atoms with van der Waals surface area (Å²) in [7, 11) is 1.60. The number of hydrogen-bond donors (Lipinski definition) is 1. The Kier molecular flexibility index (Phi) is 9.84. The summed E-state index contributed by atoms with van der Waals surface area (Å²) >= 11 is 0. The molecule has 0 aromatic carbocycles. The molecule has 0 fully saturated rings. The Balaban J connectivity index is 2.33. The molecule has 0 aromatic rings. The summed E-state index contributed by atoms with van der Waals surface area (Å²) < 4.78 is 9.94. The van der Waals surface area contributed by atoms with Crippen molar-refractivity contribution in [1.82, 2.24) is 5.48 Å². The van der Waals surface area contributed by atoms with Crippen LogP contribution in [0.3, 0.4) is 0 Å². The molecule has 1 aliphatic carbocycles. The van der Waals surface area contributed by atoms with Gasteiger partial charge in [0.15, 0.2) is 5.92 Å². The Bertz CT molecular complexity index is 452. The molecule has 1 N–H and O–H groups in total. The van der Waals surface area contributed by atoms with Gasteiger partial charge >= 0.3 is 11.9 Å². The Morgan fingerprint density at radius 2 is 1.75 bits per heavy atom. The maximum atomic E-state index is 11.9. The first-order chi connectivity index (χ1) is 11.6. The van der Waals surface area contributed by atoms with Crippen LogP contribution in [-0.2, 0) is 23.9 Å². The number of hydrogen-bond acceptors (Lipinski definition) is 6. The first-order valence-corrected chi connectivity index (χ1v) is 8.65. The van der Waals surface area contributed by atoms with E-state index in [-0.39, 0.29) is 13.2 Å². The highest BCUT2D eigenvalue weighted by molar-refractivity contribution is 5.94. The summed E-state index contributed by atoms with van der Waals surface area (Å²) in [6.07, 6.45) is 9.33. The summed E-state index contributed by atoms with van der Waals surface area (Å²) in [6, 6.07) is 0. The van der Waals surface area contributed by atoms with E-state index in [1.165, 1.54) is 5.57 Å². The van der Waals surface area contributed by atoms with Crippen molar-refractivity contribution in [1.29, 1.82) is 0 Å². The Morgan fingerprint density at radius 1 is 1.08 bits per heavy atom. The van der Waals surface area contributed by atoms with Crippen LogP contribution in [0.4, 0.5) is 0 Å². The predicted octanol–water partition coefficient (Wildman–Crippen LogP) is 3.04. The zero-order valence-electron chi connectivity index (χ0n) is 14.9. The normalized spacial score (nSPS) is 13.5. The maximum absolute atomic E-state index is 11.9. The highest BCUT2D eigenvalue weighted by Crippen LogP contribution is 2.23. The SMILES string of the molecule is CCOC(=O)C(CCCCCC1=CCC=C1NOC)C(=O)OCC. The van der Waals surface area contributed by atoms with Crippen LogP contribution >= 0.6 is 0 Å². The van der Waals surface area contributed by atoms with Crippen molar-refractivity contribution in [2.75, 3.05) is 20.3 Å². The second-order valence-electron chi connectivity index (χ2n) is 5.55. The summed E-state index contributed by atoms with van der Waals surface area (Å²) in [5, 5.41) is 0. The Labute approximate surface area is 144 Å². The first kappa shape index (κ1) is 20.2. The van der Waals surface area contributed by atoms with E-state index in [1.54, 1.807) is 21.0 Å². The molecule has 6 nitrogen and oxygen atoms in total. The van der Waals surface area contributed by atoms with Crippen molar-refractivity contribution < 1.29 is 23.9 Å². The van der Waals surface area contributed by atoms with Crippen LogP contribution in [0.2, 0.25) is 0 Å². The van der Waals surface area contributed by atoms with Crippen LogP contribution in [0.15, 0.2) is 23.4 Å². The summed E-state index contributed by atoms with van der Waals surface area (Å²) in [4.78, 5) is 28.7. The number of unbranched alkanes of at least 4 members (excludes halogenated alkanes) is 2. The molecule has 0 saturated carbocycles. The zero-order valence-corrected chi connectivity index (χ0v) is 14.9. The van der Waals surface area contributed by atoms with E-state index in [2.05, 4.69) is 17.6 Å². The number of ether oxygens (including phenoxy) is 2. The van der Waals surface area contributed by atoms with Crippen LogP contribution in [0.1, 0.15) is 52.4 Å². The van der Waals surface area contributed by atoms with E-state index in [0.717, 1.165) is 37.8 Å². The predicted molar refractivity (Wildman–Crippen MR) is 90.8 cm³/mol. The minimum absolute atomic E-state index is 0.268. The lowest BCUT2D eigenvalue weighted by molar-refractivity contribution is -0.161. The average molecular weight is 339 g/mol. The van der Waals surface area contributed by atoms with Gasteiger partial charge in [0.1, 0.15) is 0 Å². The second-order valence-corrected chi connectivity index (χ2v) is 5.55. The molecule has 136 valence electrons. The van der Waals surface area contributed by atoms with Gasteiger partial charge in [-0.2, -0.15) is 0 Å².